The number of carboxylic acid groups (broad SMARTS) is 1. The van der Waals surface area contributed by atoms with E-state index in [9.17, 15) is 9.59 Å². The quantitative estimate of drug-likeness (QED) is 0.186. The molecule has 1 heterocycles. The molecule has 0 saturated heterocycles. The molecule has 0 aliphatic carbocycles. The summed E-state index contributed by atoms with van der Waals surface area (Å²) in [6, 6.07) is 31.4. The van der Waals surface area contributed by atoms with Gasteiger partial charge < -0.3 is 10.4 Å². The van der Waals surface area contributed by atoms with Crippen LogP contribution >= 0.6 is 23.2 Å². The smallest absolute Gasteiger partial charge is 0.305 e. The summed E-state index contributed by atoms with van der Waals surface area (Å²) in [6.07, 6.45) is -0.128. The normalized spacial score (nSPS) is 10.9. The topological polar surface area (TPSA) is 84.2 Å². The zero-order chi connectivity index (χ0) is 28.9. The summed E-state index contributed by atoms with van der Waals surface area (Å²) in [6.45, 7) is 2.60. The molecule has 1 amide bonds. The number of amides is 1. The Kier molecular flexibility index (Phi) is 8.53. The number of nitrogens with zero attached hydrogens (tertiary/aromatic N) is 2. The Labute approximate surface area is 248 Å². The SMILES string of the molecule is Cc1ccc(-c2cccc(-c3cc(-c4cc(Cl)cc(Cl)c4)nn3Cc3ccc(C(=O)NCCC(=O)O)cc3)c2)cc1. The first kappa shape index (κ1) is 28.1. The number of aliphatic carboxylic acids is 1. The Bertz CT molecular complexity index is 1690. The summed E-state index contributed by atoms with van der Waals surface area (Å²) in [5.41, 5.74) is 8.30. The van der Waals surface area contributed by atoms with Crippen molar-refractivity contribution in [3.63, 3.8) is 0 Å². The van der Waals surface area contributed by atoms with E-state index in [0.717, 1.165) is 39.2 Å². The molecule has 5 aromatic rings. The van der Waals surface area contributed by atoms with Gasteiger partial charge >= 0.3 is 5.97 Å². The fourth-order valence-corrected chi connectivity index (χ4v) is 5.06. The predicted molar refractivity (Wildman–Crippen MR) is 163 cm³/mol. The largest absolute Gasteiger partial charge is 0.481 e. The van der Waals surface area contributed by atoms with Crippen molar-refractivity contribution in [3.8, 4) is 33.6 Å². The standard InChI is InChI=1S/C33H27Cl2N3O3/c1-21-5-9-23(10-6-21)25-3-2-4-26(15-25)31-19-30(27-16-28(34)18-29(35)17-27)37-38(31)20-22-7-11-24(12-8-22)33(41)36-14-13-32(39)40/h2-12,15-19H,13-14,20H2,1H3,(H,36,41)(H,39,40). The van der Waals surface area contributed by atoms with Crippen LogP contribution in [0.1, 0.15) is 27.9 Å². The van der Waals surface area contributed by atoms with Crippen molar-refractivity contribution in [1.82, 2.24) is 15.1 Å². The molecule has 0 aliphatic heterocycles. The lowest BCUT2D eigenvalue weighted by atomic mass is 10.0. The third-order valence-corrected chi connectivity index (χ3v) is 7.09. The van der Waals surface area contributed by atoms with Crippen molar-refractivity contribution in [3.05, 3.63) is 124 Å². The fraction of sp³-hybridized carbons (Fsp3) is 0.121. The number of halogens is 2. The minimum atomic E-state index is -0.959. The van der Waals surface area contributed by atoms with Crippen molar-refractivity contribution in [2.45, 2.75) is 19.9 Å². The highest BCUT2D eigenvalue weighted by Crippen LogP contribution is 2.32. The van der Waals surface area contributed by atoms with Crippen LogP contribution in [0.15, 0.2) is 97.1 Å². The minimum Gasteiger partial charge on any atom is -0.481 e. The molecule has 0 fully saturated rings. The highest BCUT2D eigenvalue weighted by molar-refractivity contribution is 6.35. The van der Waals surface area contributed by atoms with Gasteiger partial charge in [0.05, 0.1) is 24.4 Å². The van der Waals surface area contributed by atoms with Crippen LogP contribution in [0, 0.1) is 6.92 Å². The third kappa shape index (κ3) is 7.04. The molecule has 1 aromatic heterocycles. The van der Waals surface area contributed by atoms with E-state index in [1.807, 2.05) is 41.1 Å². The highest BCUT2D eigenvalue weighted by atomic mass is 35.5. The number of aryl methyl sites for hydroxylation is 1. The van der Waals surface area contributed by atoms with Gasteiger partial charge in [0.15, 0.2) is 0 Å². The number of carbonyl (C=O) groups excluding carboxylic acids is 1. The predicted octanol–water partition coefficient (Wildman–Crippen LogP) is 7.75. The van der Waals surface area contributed by atoms with E-state index in [4.69, 9.17) is 33.4 Å². The second-order valence-electron chi connectivity index (χ2n) is 9.77. The maximum Gasteiger partial charge on any atom is 0.305 e. The van der Waals surface area contributed by atoms with E-state index >= 15 is 0 Å². The lowest BCUT2D eigenvalue weighted by Crippen LogP contribution is -2.25. The molecule has 0 bridgehead atoms. The lowest BCUT2D eigenvalue weighted by molar-refractivity contribution is -0.136. The first-order valence-corrected chi connectivity index (χ1v) is 13.8. The van der Waals surface area contributed by atoms with Gasteiger partial charge in [0, 0.05) is 33.3 Å². The number of carbonyl (C=O) groups is 2. The molecule has 0 atom stereocenters. The molecular weight excluding hydrogens is 557 g/mol. The van der Waals surface area contributed by atoms with Gasteiger partial charge in [0.2, 0.25) is 0 Å². The van der Waals surface area contributed by atoms with Gasteiger partial charge in [0.25, 0.3) is 5.91 Å². The summed E-state index contributed by atoms with van der Waals surface area (Å²) < 4.78 is 1.93. The molecule has 4 aromatic carbocycles. The minimum absolute atomic E-state index is 0.0739. The Morgan fingerprint density at radius 2 is 1.49 bits per heavy atom. The number of hydrogen-bond donors (Lipinski definition) is 2. The number of hydrogen-bond acceptors (Lipinski definition) is 3. The van der Waals surface area contributed by atoms with Gasteiger partial charge in [-0.3, -0.25) is 14.3 Å². The van der Waals surface area contributed by atoms with Crippen LogP contribution < -0.4 is 5.32 Å². The van der Waals surface area contributed by atoms with E-state index in [1.54, 1.807) is 18.2 Å². The highest BCUT2D eigenvalue weighted by Gasteiger charge is 2.15. The molecule has 6 nitrogen and oxygen atoms in total. The summed E-state index contributed by atoms with van der Waals surface area (Å²) in [5, 5.41) is 17.4. The van der Waals surface area contributed by atoms with Crippen LogP contribution in [0.5, 0.6) is 0 Å². The second-order valence-corrected chi connectivity index (χ2v) is 10.6. The van der Waals surface area contributed by atoms with Crippen molar-refractivity contribution in [2.24, 2.45) is 0 Å². The van der Waals surface area contributed by atoms with Crippen LogP contribution in [-0.4, -0.2) is 33.3 Å². The average Bonchev–Trinajstić information content (AvgIpc) is 3.37. The van der Waals surface area contributed by atoms with Crippen LogP contribution in [-0.2, 0) is 11.3 Å². The van der Waals surface area contributed by atoms with Crippen molar-refractivity contribution in [2.75, 3.05) is 6.54 Å². The first-order valence-electron chi connectivity index (χ1n) is 13.1. The monoisotopic (exact) mass is 583 g/mol. The molecule has 206 valence electrons. The average molecular weight is 585 g/mol. The van der Waals surface area contributed by atoms with E-state index in [0.29, 0.717) is 22.2 Å². The van der Waals surface area contributed by atoms with Gasteiger partial charge in [-0.2, -0.15) is 5.10 Å². The number of rotatable bonds is 9. The molecule has 5 rings (SSSR count). The second kappa shape index (κ2) is 12.4. The Morgan fingerprint density at radius 1 is 0.805 bits per heavy atom. The number of benzene rings is 4. The third-order valence-electron chi connectivity index (χ3n) is 6.65. The molecule has 8 heteroatoms. The van der Waals surface area contributed by atoms with Gasteiger partial charge in [-0.05, 0) is 66.1 Å². The summed E-state index contributed by atoms with van der Waals surface area (Å²) >= 11 is 12.6. The van der Waals surface area contributed by atoms with E-state index in [1.165, 1.54) is 5.56 Å². The molecule has 0 radical (unpaired) electrons. The van der Waals surface area contributed by atoms with E-state index < -0.39 is 5.97 Å². The van der Waals surface area contributed by atoms with Crippen LogP contribution in [0.2, 0.25) is 10.0 Å². The maximum absolute atomic E-state index is 12.4. The first-order chi connectivity index (χ1) is 19.7. The van der Waals surface area contributed by atoms with E-state index in [2.05, 4.69) is 54.7 Å². The fourth-order valence-electron chi connectivity index (χ4n) is 4.54. The number of nitrogens with one attached hydrogen (secondary N) is 1. The molecule has 2 N–H and O–H groups in total. The summed E-state index contributed by atoms with van der Waals surface area (Å²) in [7, 11) is 0. The van der Waals surface area contributed by atoms with Gasteiger partial charge in [-0.15, -0.1) is 0 Å². The van der Waals surface area contributed by atoms with Gasteiger partial charge in [-0.25, -0.2) is 0 Å². The van der Waals surface area contributed by atoms with Crippen LogP contribution in [0.25, 0.3) is 33.6 Å². The maximum atomic E-state index is 12.4. The molecule has 41 heavy (non-hydrogen) atoms. The van der Waals surface area contributed by atoms with Crippen molar-refractivity contribution >= 4 is 35.1 Å². The molecule has 0 spiro atoms. The Hall–Kier alpha value is -4.39. The lowest BCUT2D eigenvalue weighted by Gasteiger charge is -2.10. The van der Waals surface area contributed by atoms with E-state index in [-0.39, 0.29) is 18.9 Å². The summed E-state index contributed by atoms with van der Waals surface area (Å²) in [4.78, 5) is 23.1. The molecule has 0 saturated carbocycles. The zero-order valence-electron chi connectivity index (χ0n) is 22.3. The van der Waals surface area contributed by atoms with Crippen molar-refractivity contribution in [1.29, 1.82) is 0 Å². The zero-order valence-corrected chi connectivity index (χ0v) is 23.8. The number of aromatic nitrogens is 2. The summed E-state index contributed by atoms with van der Waals surface area (Å²) in [5.74, 6) is -1.27. The van der Waals surface area contributed by atoms with Crippen LogP contribution in [0.3, 0.4) is 0 Å². The Balaban J connectivity index is 1.48. The van der Waals surface area contributed by atoms with Gasteiger partial charge in [-0.1, -0.05) is 83.4 Å². The van der Waals surface area contributed by atoms with Crippen LogP contribution in [0.4, 0.5) is 0 Å². The molecule has 0 aliphatic rings. The number of carboxylic acids is 1. The van der Waals surface area contributed by atoms with Crippen molar-refractivity contribution < 1.29 is 14.7 Å². The molecule has 0 unspecified atom stereocenters. The van der Waals surface area contributed by atoms with Gasteiger partial charge in [0.1, 0.15) is 0 Å². The molecular formula is C33H27Cl2N3O3. The Morgan fingerprint density at radius 3 is 2.17 bits per heavy atom.